The summed E-state index contributed by atoms with van der Waals surface area (Å²) in [4.78, 5) is 12.6. The lowest BCUT2D eigenvalue weighted by atomic mass is 9.54. The van der Waals surface area contributed by atoms with Gasteiger partial charge < -0.3 is 20.5 Å². The van der Waals surface area contributed by atoms with Crippen molar-refractivity contribution in [3.05, 3.63) is 24.3 Å². The van der Waals surface area contributed by atoms with E-state index in [0.29, 0.717) is 18.7 Å². The third kappa shape index (κ3) is 3.35. The van der Waals surface area contributed by atoms with E-state index in [1.165, 1.54) is 0 Å². The van der Waals surface area contributed by atoms with Crippen LogP contribution in [-0.4, -0.2) is 30.3 Å². The minimum absolute atomic E-state index is 0.0186. The van der Waals surface area contributed by atoms with Crippen LogP contribution in [0.1, 0.15) is 41.0 Å². The smallest absolute Gasteiger partial charge is 0.245 e. The second-order valence-corrected chi connectivity index (χ2v) is 6.99. The predicted octanol–water partition coefficient (Wildman–Crippen LogP) is 2.94. The summed E-state index contributed by atoms with van der Waals surface area (Å²) in [6.45, 7) is 10.5. The molecule has 1 aromatic rings. The van der Waals surface area contributed by atoms with Gasteiger partial charge in [-0.1, -0.05) is 13.8 Å². The average molecular weight is 320 g/mol. The van der Waals surface area contributed by atoms with E-state index < -0.39 is 11.0 Å². The number of carbonyl (C=O) groups excluding carboxylic acids is 1. The van der Waals surface area contributed by atoms with Crippen LogP contribution in [0.25, 0.3) is 0 Å². The maximum atomic E-state index is 12.6. The lowest BCUT2D eigenvalue weighted by Crippen LogP contribution is -2.74. The molecular formula is C18H28N2O3. The first-order valence-electron chi connectivity index (χ1n) is 8.19. The molecule has 2 unspecified atom stereocenters. The van der Waals surface area contributed by atoms with E-state index in [4.69, 9.17) is 15.2 Å². The molecular weight excluding hydrogens is 292 g/mol. The number of hydrogen-bond donors (Lipinski definition) is 2. The fourth-order valence-electron chi connectivity index (χ4n) is 2.95. The molecule has 1 fully saturated rings. The van der Waals surface area contributed by atoms with Crippen LogP contribution in [0, 0.1) is 5.41 Å². The number of benzene rings is 1. The van der Waals surface area contributed by atoms with Crippen molar-refractivity contribution in [3.63, 3.8) is 0 Å². The molecule has 2 atom stereocenters. The van der Waals surface area contributed by atoms with E-state index >= 15 is 0 Å². The zero-order valence-corrected chi connectivity index (χ0v) is 14.7. The van der Waals surface area contributed by atoms with E-state index in [1.54, 1.807) is 0 Å². The Kier molecular flexibility index (Phi) is 5.01. The van der Waals surface area contributed by atoms with E-state index in [0.717, 1.165) is 5.75 Å². The van der Waals surface area contributed by atoms with Gasteiger partial charge in [-0.05, 0) is 45.0 Å². The molecule has 5 nitrogen and oxygen atoms in total. The summed E-state index contributed by atoms with van der Waals surface area (Å²) < 4.78 is 11.3. The highest BCUT2D eigenvalue weighted by atomic mass is 16.5. The van der Waals surface area contributed by atoms with Gasteiger partial charge in [0.05, 0.1) is 12.2 Å². The summed E-state index contributed by atoms with van der Waals surface area (Å²) >= 11 is 0. The fourth-order valence-corrected chi connectivity index (χ4v) is 2.95. The number of rotatable bonds is 6. The quantitative estimate of drug-likeness (QED) is 0.845. The maximum absolute atomic E-state index is 12.6. The van der Waals surface area contributed by atoms with E-state index in [9.17, 15) is 4.79 Å². The summed E-state index contributed by atoms with van der Waals surface area (Å²) in [5, 5.41) is 2.91. The second kappa shape index (κ2) is 6.49. The number of amides is 1. The van der Waals surface area contributed by atoms with Gasteiger partial charge in [-0.2, -0.15) is 0 Å². The molecule has 0 heterocycles. The topological polar surface area (TPSA) is 73.6 Å². The molecule has 0 spiro atoms. The Balaban J connectivity index is 2.02. The second-order valence-electron chi connectivity index (χ2n) is 6.99. The lowest BCUT2D eigenvalue weighted by Gasteiger charge is -2.57. The summed E-state index contributed by atoms with van der Waals surface area (Å²) in [5.74, 6) is 0.608. The number of anilines is 1. The fraction of sp³-hybridized carbons (Fsp3) is 0.611. The molecule has 128 valence electrons. The van der Waals surface area contributed by atoms with Gasteiger partial charge in [-0.3, -0.25) is 4.79 Å². The largest absolute Gasteiger partial charge is 0.491 e. The van der Waals surface area contributed by atoms with Crippen LogP contribution in [0.3, 0.4) is 0 Å². The molecule has 0 aliphatic heterocycles. The van der Waals surface area contributed by atoms with E-state index in [2.05, 4.69) is 5.32 Å². The molecule has 1 amide bonds. The first-order valence-corrected chi connectivity index (χ1v) is 8.19. The Morgan fingerprint density at radius 1 is 1.35 bits per heavy atom. The highest BCUT2D eigenvalue weighted by Crippen LogP contribution is 2.50. The summed E-state index contributed by atoms with van der Waals surface area (Å²) in [6.07, 6.45) is 0.674. The number of nitrogens with two attached hydrogens (primary N) is 1. The number of carbonyl (C=O) groups is 1. The zero-order valence-electron chi connectivity index (χ0n) is 14.7. The van der Waals surface area contributed by atoms with Crippen LogP contribution in [0.5, 0.6) is 5.75 Å². The minimum Gasteiger partial charge on any atom is -0.491 e. The maximum Gasteiger partial charge on any atom is 0.245 e. The third-order valence-corrected chi connectivity index (χ3v) is 4.72. The number of ether oxygens (including phenoxy) is 2. The molecule has 1 aliphatic rings. The standard InChI is InChI=1S/C18H28N2O3/c1-6-22-15-11-18(19,17(15,4)5)16(21)20-13-7-9-14(10-8-13)23-12(2)3/h7-10,12,15H,6,11,19H2,1-5H3,(H,20,21). The molecule has 1 aromatic carbocycles. The van der Waals surface area contributed by atoms with Crippen molar-refractivity contribution < 1.29 is 14.3 Å². The SMILES string of the molecule is CCOC1CC(N)(C(=O)Nc2ccc(OC(C)C)cc2)C1(C)C. The van der Waals surface area contributed by atoms with Crippen LogP contribution in [0.4, 0.5) is 5.69 Å². The molecule has 3 N–H and O–H groups in total. The van der Waals surface area contributed by atoms with Gasteiger partial charge in [0.2, 0.25) is 5.91 Å². The third-order valence-electron chi connectivity index (χ3n) is 4.72. The highest BCUT2D eigenvalue weighted by Gasteiger charge is 2.62. The first kappa shape index (κ1) is 17.8. The van der Waals surface area contributed by atoms with Gasteiger partial charge in [-0.15, -0.1) is 0 Å². The Morgan fingerprint density at radius 3 is 2.43 bits per heavy atom. The zero-order chi connectivity index (χ0) is 17.3. The molecule has 0 aromatic heterocycles. The molecule has 0 saturated heterocycles. The molecule has 0 radical (unpaired) electrons. The minimum atomic E-state index is -0.917. The van der Waals surface area contributed by atoms with Crippen LogP contribution in [0.2, 0.25) is 0 Å². The van der Waals surface area contributed by atoms with Gasteiger partial charge in [0.25, 0.3) is 0 Å². The van der Waals surface area contributed by atoms with Crippen LogP contribution in [0.15, 0.2) is 24.3 Å². The summed E-state index contributed by atoms with van der Waals surface area (Å²) in [6, 6.07) is 7.33. The van der Waals surface area contributed by atoms with Gasteiger partial charge in [0, 0.05) is 24.1 Å². The van der Waals surface area contributed by atoms with Gasteiger partial charge in [0.15, 0.2) is 0 Å². The molecule has 23 heavy (non-hydrogen) atoms. The Morgan fingerprint density at radius 2 is 1.96 bits per heavy atom. The normalized spacial score (nSPS) is 25.8. The molecule has 5 heteroatoms. The van der Waals surface area contributed by atoms with Crippen molar-refractivity contribution >= 4 is 11.6 Å². The molecule has 0 bridgehead atoms. The van der Waals surface area contributed by atoms with Crippen molar-refractivity contribution in [3.8, 4) is 5.75 Å². The summed E-state index contributed by atoms with van der Waals surface area (Å²) in [5.41, 5.74) is 5.77. The van der Waals surface area contributed by atoms with Crippen molar-refractivity contribution in [2.75, 3.05) is 11.9 Å². The Bertz CT molecular complexity index is 554. The van der Waals surface area contributed by atoms with Crippen LogP contribution in [-0.2, 0) is 9.53 Å². The Labute approximate surface area is 138 Å². The van der Waals surface area contributed by atoms with E-state index in [1.807, 2.05) is 58.9 Å². The van der Waals surface area contributed by atoms with E-state index in [-0.39, 0.29) is 18.1 Å². The van der Waals surface area contributed by atoms with Crippen molar-refractivity contribution in [2.24, 2.45) is 11.1 Å². The predicted molar refractivity (Wildman–Crippen MR) is 91.6 cm³/mol. The first-order chi connectivity index (χ1) is 10.7. The van der Waals surface area contributed by atoms with Crippen molar-refractivity contribution in [1.82, 2.24) is 0 Å². The van der Waals surface area contributed by atoms with Gasteiger partial charge >= 0.3 is 0 Å². The molecule has 1 saturated carbocycles. The number of hydrogen-bond acceptors (Lipinski definition) is 4. The number of nitrogens with one attached hydrogen (secondary N) is 1. The van der Waals surface area contributed by atoms with Crippen LogP contribution < -0.4 is 15.8 Å². The van der Waals surface area contributed by atoms with Gasteiger partial charge in [0.1, 0.15) is 11.3 Å². The van der Waals surface area contributed by atoms with Gasteiger partial charge in [-0.25, -0.2) is 0 Å². The Hall–Kier alpha value is -1.59. The van der Waals surface area contributed by atoms with Crippen molar-refractivity contribution in [1.29, 1.82) is 0 Å². The summed E-state index contributed by atoms with van der Waals surface area (Å²) in [7, 11) is 0. The molecule has 1 aliphatic carbocycles. The average Bonchev–Trinajstić information content (AvgIpc) is 2.48. The highest BCUT2D eigenvalue weighted by molar-refractivity contribution is 5.99. The van der Waals surface area contributed by atoms with Crippen LogP contribution >= 0.6 is 0 Å². The monoisotopic (exact) mass is 320 g/mol. The van der Waals surface area contributed by atoms with Crippen molar-refractivity contribution in [2.45, 2.75) is 58.8 Å². The lowest BCUT2D eigenvalue weighted by molar-refractivity contribution is -0.166. The molecule has 2 rings (SSSR count).